The topological polar surface area (TPSA) is 146 Å². The second-order valence-corrected chi connectivity index (χ2v) is 9.19. The minimum Gasteiger partial charge on any atom is -0.490 e. The van der Waals surface area contributed by atoms with E-state index >= 15 is 0 Å². The lowest BCUT2D eigenvalue weighted by Gasteiger charge is -2.15. The number of ether oxygens (including phenoxy) is 4. The van der Waals surface area contributed by atoms with Crippen molar-refractivity contribution in [3.05, 3.63) is 71.8 Å². The number of hydrogen-bond donors (Lipinski definition) is 2. The molecule has 0 amide bonds. The van der Waals surface area contributed by atoms with Crippen molar-refractivity contribution in [3.8, 4) is 11.5 Å². The average molecular weight is 529 g/mol. The van der Waals surface area contributed by atoms with Crippen molar-refractivity contribution >= 4 is 23.5 Å². The smallest absolute Gasteiger partial charge is 0.331 e. The quantitative estimate of drug-likeness (QED) is 0.162. The number of hydrogen-bond acceptors (Lipinski definition) is 10. The molecule has 0 radical (unpaired) electrons. The standard InChI is InChI=1S/C28H32O10/c1-27(2,33)25(31)19-5-9-21(10-6-19)35-15-17-37-23(29)13-14-24(30)38-18-16-36-22-11-7-20(8-12-22)26(32)28(3,4)34/h5-14,33-34H,15-18H2,1-4H3/b14-13+. The lowest BCUT2D eigenvalue weighted by atomic mass is 9.97. The molecule has 0 atom stereocenters. The van der Waals surface area contributed by atoms with E-state index in [4.69, 9.17) is 18.9 Å². The summed E-state index contributed by atoms with van der Waals surface area (Å²) in [5.41, 5.74) is -2.26. The molecule has 2 aromatic carbocycles. The van der Waals surface area contributed by atoms with E-state index in [2.05, 4.69) is 0 Å². The maximum Gasteiger partial charge on any atom is 0.331 e. The molecule has 2 rings (SSSR count). The minimum absolute atomic E-state index is 0.0487. The number of esters is 2. The van der Waals surface area contributed by atoms with Gasteiger partial charge in [0.25, 0.3) is 0 Å². The van der Waals surface area contributed by atoms with E-state index in [1.54, 1.807) is 24.3 Å². The number of rotatable bonds is 14. The van der Waals surface area contributed by atoms with E-state index in [1.165, 1.54) is 52.0 Å². The monoisotopic (exact) mass is 528 g/mol. The fourth-order valence-corrected chi connectivity index (χ4v) is 2.95. The third-order valence-electron chi connectivity index (χ3n) is 4.89. The van der Waals surface area contributed by atoms with Crippen LogP contribution in [0.25, 0.3) is 0 Å². The third kappa shape index (κ3) is 10.2. The van der Waals surface area contributed by atoms with Gasteiger partial charge in [-0.3, -0.25) is 9.59 Å². The molecule has 0 heterocycles. The molecule has 0 aromatic heterocycles. The van der Waals surface area contributed by atoms with Crippen LogP contribution in [-0.2, 0) is 19.1 Å². The van der Waals surface area contributed by atoms with Crippen molar-refractivity contribution in [2.24, 2.45) is 0 Å². The zero-order valence-corrected chi connectivity index (χ0v) is 21.8. The van der Waals surface area contributed by atoms with Gasteiger partial charge in [0.1, 0.15) is 49.1 Å². The summed E-state index contributed by atoms with van der Waals surface area (Å²) in [5, 5.41) is 19.5. The van der Waals surface area contributed by atoms with Crippen LogP contribution in [0.15, 0.2) is 60.7 Å². The Balaban J connectivity index is 1.62. The molecule has 2 aromatic rings. The molecule has 0 unspecified atom stereocenters. The van der Waals surface area contributed by atoms with Crippen molar-refractivity contribution in [1.82, 2.24) is 0 Å². The van der Waals surface area contributed by atoms with Crippen molar-refractivity contribution in [3.63, 3.8) is 0 Å². The Labute approximate surface area is 220 Å². The van der Waals surface area contributed by atoms with E-state index in [0.29, 0.717) is 22.6 Å². The van der Waals surface area contributed by atoms with E-state index in [1.807, 2.05) is 0 Å². The van der Waals surface area contributed by atoms with Crippen LogP contribution >= 0.6 is 0 Å². The zero-order valence-electron chi connectivity index (χ0n) is 21.8. The van der Waals surface area contributed by atoms with Crippen LogP contribution in [0.1, 0.15) is 48.4 Å². The predicted octanol–water partition coefficient (Wildman–Crippen LogP) is 2.69. The molecule has 38 heavy (non-hydrogen) atoms. The van der Waals surface area contributed by atoms with Crippen LogP contribution in [0, 0.1) is 0 Å². The molecule has 0 bridgehead atoms. The van der Waals surface area contributed by atoms with Crippen LogP contribution in [-0.4, -0.2) is 71.3 Å². The van der Waals surface area contributed by atoms with Crippen LogP contribution in [0.2, 0.25) is 0 Å². The van der Waals surface area contributed by atoms with Crippen molar-refractivity contribution in [2.45, 2.75) is 38.9 Å². The van der Waals surface area contributed by atoms with Gasteiger partial charge in [-0.1, -0.05) is 0 Å². The van der Waals surface area contributed by atoms with E-state index < -0.39 is 34.7 Å². The molecule has 0 fully saturated rings. The van der Waals surface area contributed by atoms with E-state index in [0.717, 1.165) is 12.2 Å². The van der Waals surface area contributed by atoms with Gasteiger partial charge in [0.2, 0.25) is 0 Å². The molecule has 10 heteroatoms. The second kappa shape index (κ2) is 13.5. The summed E-state index contributed by atoms with van der Waals surface area (Å²) < 4.78 is 20.7. The summed E-state index contributed by atoms with van der Waals surface area (Å²) in [5.74, 6) is -1.43. The maximum absolute atomic E-state index is 12.0. The lowest BCUT2D eigenvalue weighted by Crippen LogP contribution is -2.30. The molecule has 0 aliphatic carbocycles. The van der Waals surface area contributed by atoms with Crippen molar-refractivity contribution in [2.75, 3.05) is 26.4 Å². The largest absolute Gasteiger partial charge is 0.490 e. The van der Waals surface area contributed by atoms with Crippen LogP contribution in [0.5, 0.6) is 11.5 Å². The molecule has 204 valence electrons. The van der Waals surface area contributed by atoms with Gasteiger partial charge < -0.3 is 29.2 Å². The van der Waals surface area contributed by atoms with Gasteiger partial charge in [0, 0.05) is 23.3 Å². The molecular formula is C28H32O10. The summed E-state index contributed by atoms with van der Waals surface area (Å²) in [6, 6.07) is 12.4. The van der Waals surface area contributed by atoms with Crippen molar-refractivity contribution < 1.29 is 48.3 Å². The van der Waals surface area contributed by atoms with Gasteiger partial charge in [-0.05, 0) is 76.2 Å². The average Bonchev–Trinajstić information content (AvgIpc) is 2.86. The molecular weight excluding hydrogens is 496 g/mol. The first kappa shape index (κ1) is 30.2. The zero-order chi connectivity index (χ0) is 28.3. The van der Waals surface area contributed by atoms with E-state index in [-0.39, 0.29) is 26.4 Å². The van der Waals surface area contributed by atoms with Gasteiger partial charge in [-0.25, -0.2) is 9.59 Å². The fourth-order valence-electron chi connectivity index (χ4n) is 2.95. The lowest BCUT2D eigenvalue weighted by molar-refractivity contribution is -0.141. The Kier molecular flexibility index (Phi) is 10.7. The van der Waals surface area contributed by atoms with Gasteiger partial charge in [0.05, 0.1) is 0 Å². The molecule has 10 nitrogen and oxygen atoms in total. The van der Waals surface area contributed by atoms with Gasteiger partial charge in [-0.2, -0.15) is 0 Å². The molecule has 0 aliphatic rings. The third-order valence-corrected chi connectivity index (χ3v) is 4.89. The van der Waals surface area contributed by atoms with Crippen LogP contribution < -0.4 is 9.47 Å². The predicted molar refractivity (Wildman–Crippen MR) is 136 cm³/mol. The highest BCUT2D eigenvalue weighted by Gasteiger charge is 2.25. The van der Waals surface area contributed by atoms with Gasteiger partial charge in [0.15, 0.2) is 11.6 Å². The number of benzene rings is 2. The fraction of sp³-hybridized carbons (Fsp3) is 0.357. The number of carbonyl (C=O) groups excluding carboxylic acids is 4. The summed E-state index contributed by atoms with van der Waals surface area (Å²) in [6.45, 7) is 5.58. The highest BCUT2D eigenvalue weighted by atomic mass is 16.6. The summed E-state index contributed by atoms with van der Waals surface area (Å²) in [4.78, 5) is 47.5. The Bertz CT molecular complexity index is 1040. The normalized spacial score (nSPS) is 11.6. The number of aliphatic hydroxyl groups is 2. The molecule has 0 spiro atoms. The summed E-state index contributed by atoms with van der Waals surface area (Å²) in [7, 11) is 0. The highest BCUT2D eigenvalue weighted by molar-refractivity contribution is 6.02. The first-order valence-corrected chi connectivity index (χ1v) is 11.8. The summed E-state index contributed by atoms with van der Waals surface area (Å²) in [6.07, 6.45) is 1.86. The second-order valence-electron chi connectivity index (χ2n) is 9.19. The maximum atomic E-state index is 12.0. The molecule has 2 N–H and O–H groups in total. The minimum atomic E-state index is -1.47. The highest BCUT2D eigenvalue weighted by Crippen LogP contribution is 2.18. The Morgan fingerprint density at radius 2 is 0.921 bits per heavy atom. The molecule has 0 aliphatic heterocycles. The molecule has 0 saturated heterocycles. The van der Waals surface area contributed by atoms with Crippen LogP contribution in [0.3, 0.4) is 0 Å². The molecule has 0 saturated carbocycles. The Morgan fingerprint density at radius 1 is 0.605 bits per heavy atom. The van der Waals surface area contributed by atoms with Crippen LogP contribution in [0.4, 0.5) is 0 Å². The van der Waals surface area contributed by atoms with E-state index in [9.17, 15) is 29.4 Å². The first-order chi connectivity index (χ1) is 17.8. The van der Waals surface area contributed by atoms with Crippen molar-refractivity contribution in [1.29, 1.82) is 0 Å². The Hall–Kier alpha value is -4.02. The SMILES string of the molecule is CC(C)(O)C(=O)c1ccc(OCCOC(=O)/C=C/C(=O)OCCOc2ccc(C(=O)C(C)(C)O)cc2)cc1. The first-order valence-electron chi connectivity index (χ1n) is 11.8. The number of ketones is 2. The summed E-state index contributed by atoms with van der Waals surface area (Å²) >= 11 is 0. The van der Waals surface area contributed by atoms with Gasteiger partial charge >= 0.3 is 11.9 Å². The number of carbonyl (C=O) groups is 4. The Morgan fingerprint density at radius 3 is 1.21 bits per heavy atom. The number of Topliss-reactive ketones (excluding diaryl/α,β-unsaturated/α-hetero) is 2. The van der Waals surface area contributed by atoms with Gasteiger partial charge in [-0.15, -0.1) is 0 Å².